The zero-order valence-electron chi connectivity index (χ0n) is 17.8. The second-order valence-corrected chi connectivity index (χ2v) is 6.65. The molecule has 3 aromatic rings. The van der Waals surface area contributed by atoms with E-state index in [0.717, 1.165) is 4.47 Å². The van der Waals surface area contributed by atoms with E-state index in [4.69, 9.17) is 15.6 Å². The van der Waals surface area contributed by atoms with Crippen molar-refractivity contribution in [3.05, 3.63) is 87.7 Å². The topological polar surface area (TPSA) is 176 Å². The van der Waals surface area contributed by atoms with Gasteiger partial charge in [0.1, 0.15) is 29.2 Å². The number of methoxy groups -OCH3 is 2. The number of hydrogen-bond acceptors (Lipinski definition) is 10. The van der Waals surface area contributed by atoms with Gasteiger partial charge in [-0.05, 0) is 52.3 Å². The van der Waals surface area contributed by atoms with Gasteiger partial charge < -0.3 is 14.6 Å². The minimum Gasteiger partial charge on any atom is -0.477 e. The molecule has 0 amide bonds. The Morgan fingerprint density at radius 1 is 0.765 bits per heavy atom. The molecule has 3 heterocycles. The summed E-state index contributed by atoms with van der Waals surface area (Å²) in [5.74, 6) is -2.01. The molecule has 0 aliphatic rings. The predicted molar refractivity (Wildman–Crippen MR) is 119 cm³/mol. The molecule has 172 valence electrons. The summed E-state index contributed by atoms with van der Waals surface area (Å²) in [7, 11) is 2.61. The highest BCUT2D eigenvalue weighted by Gasteiger charge is 2.06. The molecule has 34 heavy (non-hydrogen) atoms. The molecular formula is C22H16BrN5O6. The first-order valence-corrected chi connectivity index (χ1v) is 9.78. The van der Waals surface area contributed by atoms with Gasteiger partial charge in [-0.15, -0.1) is 0 Å². The number of pyridine rings is 3. The van der Waals surface area contributed by atoms with Crippen LogP contribution < -0.4 is 0 Å². The molecule has 0 bridgehead atoms. The second kappa shape index (κ2) is 14.4. The Balaban J connectivity index is 0.000000255. The standard InChI is InChI=1S/C8H6N2O2.C7H6BrNO2.C7H4N2O2/c1-12-8(11)7-3-2-6(4-9)5-10-7;1-11-7(10)6-3-2-5(8)4-9-6;8-3-5-1-2-6(7(10)11)9-4-5/h2-3,5H,1H3;2-4H,1H3;1-2,4H,(H,10,11). The van der Waals surface area contributed by atoms with Crippen LogP contribution in [0.5, 0.6) is 0 Å². The van der Waals surface area contributed by atoms with Gasteiger partial charge in [0.2, 0.25) is 0 Å². The van der Waals surface area contributed by atoms with Crippen LogP contribution in [0.15, 0.2) is 59.5 Å². The van der Waals surface area contributed by atoms with Gasteiger partial charge >= 0.3 is 17.9 Å². The molecule has 0 saturated heterocycles. The van der Waals surface area contributed by atoms with Crippen LogP contribution in [0.2, 0.25) is 0 Å². The normalized spacial score (nSPS) is 8.85. The number of carboxylic acids is 1. The van der Waals surface area contributed by atoms with Gasteiger partial charge in [0.15, 0.2) is 0 Å². The maximum absolute atomic E-state index is 10.8. The van der Waals surface area contributed by atoms with Crippen LogP contribution in [0.4, 0.5) is 0 Å². The predicted octanol–water partition coefficient (Wildman–Crippen LogP) is 3.02. The van der Waals surface area contributed by atoms with Gasteiger partial charge in [-0.3, -0.25) is 0 Å². The van der Waals surface area contributed by atoms with Crippen molar-refractivity contribution in [3.8, 4) is 12.1 Å². The van der Waals surface area contributed by atoms with Crippen LogP contribution in [0.1, 0.15) is 42.6 Å². The lowest BCUT2D eigenvalue weighted by Gasteiger charge is -1.96. The van der Waals surface area contributed by atoms with Crippen molar-refractivity contribution in [2.75, 3.05) is 14.2 Å². The van der Waals surface area contributed by atoms with Crippen LogP contribution in [0.3, 0.4) is 0 Å². The molecule has 1 N–H and O–H groups in total. The van der Waals surface area contributed by atoms with Crippen LogP contribution in [-0.2, 0) is 9.47 Å². The summed E-state index contributed by atoms with van der Waals surface area (Å²) >= 11 is 3.20. The summed E-state index contributed by atoms with van der Waals surface area (Å²) in [6.45, 7) is 0. The number of ether oxygens (including phenoxy) is 2. The summed E-state index contributed by atoms with van der Waals surface area (Å²) in [4.78, 5) is 43.0. The monoisotopic (exact) mass is 525 g/mol. The lowest BCUT2D eigenvalue weighted by atomic mass is 10.3. The summed E-state index contributed by atoms with van der Waals surface area (Å²) in [6.07, 6.45) is 4.10. The largest absolute Gasteiger partial charge is 0.477 e. The van der Waals surface area contributed by atoms with Gasteiger partial charge in [0.25, 0.3) is 0 Å². The van der Waals surface area contributed by atoms with Gasteiger partial charge in [0.05, 0.1) is 25.3 Å². The number of nitriles is 2. The first-order chi connectivity index (χ1) is 16.2. The molecule has 0 fully saturated rings. The van der Waals surface area contributed by atoms with Gasteiger partial charge in [-0.1, -0.05) is 0 Å². The molecule has 0 atom stereocenters. The number of nitrogens with zero attached hydrogens (tertiary/aromatic N) is 5. The highest BCUT2D eigenvalue weighted by Crippen LogP contribution is 2.07. The third kappa shape index (κ3) is 9.21. The fraction of sp³-hybridized carbons (Fsp3) is 0.0909. The maximum atomic E-state index is 10.8. The summed E-state index contributed by atoms with van der Waals surface area (Å²) in [5.41, 5.74) is 1.24. The summed E-state index contributed by atoms with van der Waals surface area (Å²) < 4.78 is 9.72. The first-order valence-electron chi connectivity index (χ1n) is 8.99. The summed E-state index contributed by atoms with van der Waals surface area (Å²) in [6, 6.07) is 12.7. The Hall–Kier alpha value is -4.68. The Labute approximate surface area is 202 Å². The fourth-order valence-corrected chi connectivity index (χ4v) is 2.11. The lowest BCUT2D eigenvalue weighted by molar-refractivity contribution is 0.0585. The smallest absolute Gasteiger partial charge is 0.356 e. The SMILES string of the molecule is COC(=O)c1ccc(Br)cn1.COC(=O)c1ccc(C#N)cn1.N#Cc1ccc(C(=O)O)nc1. The molecule has 0 spiro atoms. The fourth-order valence-electron chi connectivity index (χ4n) is 1.87. The van der Waals surface area contributed by atoms with E-state index in [0.29, 0.717) is 16.8 Å². The highest BCUT2D eigenvalue weighted by molar-refractivity contribution is 9.10. The van der Waals surface area contributed by atoms with Crippen LogP contribution in [-0.4, -0.2) is 52.2 Å². The van der Waals surface area contributed by atoms with E-state index in [2.05, 4.69) is 40.4 Å². The molecule has 3 aromatic heterocycles. The average Bonchev–Trinajstić information content (AvgIpc) is 2.89. The molecule has 12 heteroatoms. The lowest BCUT2D eigenvalue weighted by Crippen LogP contribution is -2.03. The Bertz CT molecular complexity index is 1200. The highest BCUT2D eigenvalue weighted by atomic mass is 79.9. The first kappa shape index (κ1) is 27.4. The van der Waals surface area contributed by atoms with Crippen molar-refractivity contribution in [2.24, 2.45) is 0 Å². The van der Waals surface area contributed by atoms with Crippen LogP contribution in [0.25, 0.3) is 0 Å². The second-order valence-electron chi connectivity index (χ2n) is 5.74. The zero-order valence-corrected chi connectivity index (χ0v) is 19.4. The third-order valence-electron chi connectivity index (χ3n) is 3.52. The molecule has 0 unspecified atom stereocenters. The van der Waals surface area contributed by atoms with Crippen molar-refractivity contribution in [3.63, 3.8) is 0 Å². The number of carbonyl (C=O) groups is 3. The number of aromatic nitrogens is 3. The number of aromatic carboxylic acids is 1. The number of esters is 2. The number of carbonyl (C=O) groups excluding carboxylic acids is 2. The van der Waals surface area contributed by atoms with Crippen molar-refractivity contribution in [1.82, 2.24) is 15.0 Å². The van der Waals surface area contributed by atoms with E-state index >= 15 is 0 Å². The Morgan fingerprint density at radius 2 is 1.18 bits per heavy atom. The average molecular weight is 526 g/mol. The van der Waals surface area contributed by atoms with Gasteiger partial charge in [-0.2, -0.15) is 10.5 Å². The van der Waals surface area contributed by atoms with E-state index in [1.54, 1.807) is 18.3 Å². The molecule has 0 aliphatic carbocycles. The number of carboxylic acid groups (broad SMARTS) is 1. The number of hydrogen-bond donors (Lipinski definition) is 1. The van der Waals surface area contributed by atoms with E-state index < -0.39 is 17.9 Å². The van der Waals surface area contributed by atoms with E-state index in [-0.39, 0.29) is 11.4 Å². The van der Waals surface area contributed by atoms with Gasteiger partial charge in [0, 0.05) is 23.1 Å². The molecular weight excluding hydrogens is 510 g/mol. The molecule has 0 aromatic carbocycles. The molecule has 0 radical (unpaired) electrons. The molecule has 0 aliphatic heterocycles. The van der Waals surface area contributed by atoms with Crippen molar-refractivity contribution in [1.29, 1.82) is 10.5 Å². The van der Waals surface area contributed by atoms with Crippen molar-refractivity contribution in [2.45, 2.75) is 0 Å². The molecule has 11 nitrogen and oxygen atoms in total. The van der Waals surface area contributed by atoms with Crippen LogP contribution in [0, 0.1) is 22.7 Å². The van der Waals surface area contributed by atoms with Crippen molar-refractivity contribution < 1.29 is 29.0 Å². The third-order valence-corrected chi connectivity index (χ3v) is 3.99. The molecule has 3 rings (SSSR count). The zero-order chi connectivity index (χ0) is 25.5. The van der Waals surface area contributed by atoms with Crippen molar-refractivity contribution >= 4 is 33.8 Å². The molecule has 0 saturated carbocycles. The van der Waals surface area contributed by atoms with E-state index in [9.17, 15) is 14.4 Å². The Kier molecular flexibility index (Phi) is 11.6. The summed E-state index contributed by atoms with van der Waals surface area (Å²) in [5, 5.41) is 25.2. The van der Waals surface area contributed by atoms with E-state index in [1.165, 1.54) is 50.9 Å². The number of rotatable bonds is 3. The minimum atomic E-state index is -1.09. The minimum absolute atomic E-state index is 0.0519. The number of halogens is 1. The quantitative estimate of drug-likeness (QED) is 0.496. The maximum Gasteiger partial charge on any atom is 0.356 e. The van der Waals surface area contributed by atoms with Gasteiger partial charge in [-0.25, -0.2) is 29.3 Å². The Morgan fingerprint density at radius 3 is 1.47 bits per heavy atom. The van der Waals surface area contributed by atoms with E-state index in [1.807, 2.05) is 12.1 Å². The van der Waals surface area contributed by atoms with Crippen LogP contribution >= 0.6 is 15.9 Å².